The maximum absolute atomic E-state index is 12.9. The van der Waals surface area contributed by atoms with Gasteiger partial charge in [0.2, 0.25) is 0 Å². The Kier molecular flexibility index (Phi) is 7.05. The van der Waals surface area contributed by atoms with Gasteiger partial charge in [-0.25, -0.2) is 4.98 Å². The summed E-state index contributed by atoms with van der Waals surface area (Å²) in [6.07, 6.45) is 4.30. The number of methoxy groups -OCH3 is 1. The molecular weight excluding hydrogens is 414 g/mol. The Morgan fingerprint density at radius 2 is 1.82 bits per heavy atom. The lowest BCUT2D eigenvalue weighted by Crippen LogP contribution is -2.34. The van der Waals surface area contributed by atoms with E-state index >= 15 is 0 Å². The molecule has 33 heavy (non-hydrogen) atoms. The lowest BCUT2D eigenvalue weighted by atomic mass is 10.0. The number of carbonyl (C=O) groups is 1. The quantitative estimate of drug-likeness (QED) is 0.421. The summed E-state index contributed by atoms with van der Waals surface area (Å²) in [4.78, 5) is 17.4. The van der Waals surface area contributed by atoms with Crippen molar-refractivity contribution >= 4 is 5.91 Å². The average Bonchev–Trinajstić information content (AvgIpc) is 3.28. The first-order chi connectivity index (χ1) is 16.1. The van der Waals surface area contributed by atoms with Gasteiger partial charge < -0.3 is 19.4 Å². The third kappa shape index (κ3) is 5.60. The Morgan fingerprint density at radius 1 is 1.03 bits per heavy atom. The van der Waals surface area contributed by atoms with E-state index in [0.717, 1.165) is 23.4 Å². The molecular formula is C27H27N3O3. The number of rotatable bonds is 9. The highest BCUT2D eigenvalue weighted by Crippen LogP contribution is 2.25. The first-order valence-corrected chi connectivity index (χ1v) is 10.8. The molecule has 0 fully saturated rings. The zero-order valence-corrected chi connectivity index (χ0v) is 18.8. The molecule has 4 rings (SSSR count). The number of amides is 1. The van der Waals surface area contributed by atoms with Crippen LogP contribution in [0.2, 0.25) is 0 Å². The van der Waals surface area contributed by atoms with Crippen LogP contribution in [0.3, 0.4) is 0 Å². The van der Waals surface area contributed by atoms with Crippen LogP contribution in [0.5, 0.6) is 11.5 Å². The number of para-hydroxylation sites is 1. The van der Waals surface area contributed by atoms with Gasteiger partial charge in [0, 0.05) is 25.9 Å². The number of benzene rings is 3. The van der Waals surface area contributed by atoms with Gasteiger partial charge in [0.1, 0.15) is 23.4 Å². The van der Waals surface area contributed by atoms with Gasteiger partial charge in [-0.15, -0.1) is 0 Å². The number of nitrogens with one attached hydrogen (secondary N) is 1. The largest absolute Gasteiger partial charge is 0.497 e. The lowest BCUT2D eigenvalue weighted by Gasteiger charge is -2.20. The minimum Gasteiger partial charge on any atom is -0.497 e. The van der Waals surface area contributed by atoms with Gasteiger partial charge in [0.15, 0.2) is 6.61 Å². The van der Waals surface area contributed by atoms with E-state index in [2.05, 4.69) is 22.4 Å². The standard InChI is InChI=1S/C27H27N3O3/c1-30-16-15-28-27(30)26(22-12-8-13-23(18-22)32-2)29-25(31)19-33-24-14-7-6-11-21(24)17-20-9-4-3-5-10-20/h3-16,18,26H,17,19H2,1-2H3,(H,29,31)/t26-/m1/s1. The molecule has 0 bridgehead atoms. The summed E-state index contributed by atoms with van der Waals surface area (Å²) in [5, 5.41) is 3.06. The van der Waals surface area contributed by atoms with E-state index in [-0.39, 0.29) is 12.5 Å². The Hall–Kier alpha value is -4.06. The number of imidazole rings is 1. The third-order valence-corrected chi connectivity index (χ3v) is 5.42. The van der Waals surface area contributed by atoms with Crippen LogP contribution in [0.1, 0.15) is 28.6 Å². The zero-order valence-electron chi connectivity index (χ0n) is 18.8. The predicted molar refractivity (Wildman–Crippen MR) is 127 cm³/mol. The van der Waals surface area contributed by atoms with Crippen molar-refractivity contribution in [1.29, 1.82) is 0 Å². The van der Waals surface area contributed by atoms with Crippen LogP contribution in [-0.4, -0.2) is 29.2 Å². The molecule has 6 nitrogen and oxygen atoms in total. The SMILES string of the molecule is COc1cccc([C@@H](NC(=O)COc2ccccc2Cc2ccccc2)c2nccn2C)c1. The number of aryl methyl sites for hydroxylation is 1. The van der Waals surface area contributed by atoms with Crippen LogP contribution >= 0.6 is 0 Å². The van der Waals surface area contributed by atoms with Gasteiger partial charge in [0.25, 0.3) is 5.91 Å². The normalized spacial score (nSPS) is 11.6. The summed E-state index contributed by atoms with van der Waals surface area (Å²) in [6.45, 7) is -0.101. The Bertz CT molecular complexity index is 1200. The number of hydrogen-bond acceptors (Lipinski definition) is 4. The van der Waals surface area contributed by atoms with Gasteiger partial charge in [-0.1, -0.05) is 60.7 Å². The highest BCUT2D eigenvalue weighted by atomic mass is 16.5. The summed E-state index contributed by atoms with van der Waals surface area (Å²) in [5.41, 5.74) is 3.09. The Morgan fingerprint density at radius 3 is 2.58 bits per heavy atom. The molecule has 1 atom stereocenters. The molecule has 0 radical (unpaired) electrons. The van der Waals surface area contributed by atoms with Gasteiger partial charge in [-0.05, 0) is 34.9 Å². The van der Waals surface area contributed by atoms with Crippen LogP contribution < -0.4 is 14.8 Å². The van der Waals surface area contributed by atoms with Gasteiger partial charge >= 0.3 is 0 Å². The molecule has 168 valence electrons. The van der Waals surface area contributed by atoms with Crippen LogP contribution in [0, 0.1) is 0 Å². The first-order valence-electron chi connectivity index (χ1n) is 10.8. The minimum absolute atomic E-state index is 0.101. The molecule has 0 spiro atoms. The molecule has 1 N–H and O–H groups in total. The molecule has 0 saturated heterocycles. The molecule has 1 heterocycles. The van der Waals surface area contributed by atoms with Crippen molar-refractivity contribution in [3.8, 4) is 11.5 Å². The van der Waals surface area contributed by atoms with E-state index in [9.17, 15) is 4.79 Å². The first kappa shape index (κ1) is 22.1. The highest BCUT2D eigenvalue weighted by Gasteiger charge is 2.21. The van der Waals surface area contributed by atoms with Crippen molar-refractivity contribution in [2.45, 2.75) is 12.5 Å². The highest BCUT2D eigenvalue weighted by molar-refractivity contribution is 5.78. The van der Waals surface area contributed by atoms with Gasteiger partial charge in [-0.3, -0.25) is 4.79 Å². The number of ether oxygens (including phenoxy) is 2. The molecule has 0 aliphatic rings. The zero-order chi connectivity index (χ0) is 23.0. The van der Waals surface area contributed by atoms with Crippen molar-refractivity contribution in [3.63, 3.8) is 0 Å². The fourth-order valence-corrected chi connectivity index (χ4v) is 3.73. The lowest BCUT2D eigenvalue weighted by molar-refractivity contribution is -0.123. The molecule has 3 aromatic carbocycles. The van der Waals surface area contributed by atoms with E-state index in [4.69, 9.17) is 9.47 Å². The number of aromatic nitrogens is 2. The van der Waals surface area contributed by atoms with Crippen LogP contribution in [0.25, 0.3) is 0 Å². The second-order valence-corrected chi connectivity index (χ2v) is 7.73. The van der Waals surface area contributed by atoms with Crippen molar-refractivity contribution in [2.75, 3.05) is 13.7 Å². The van der Waals surface area contributed by atoms with Crippen molar-refractivity contribution < 1.29 is 14.3 Å². The fourth-order valence-electron chi connectivity index (χ4n) is 3.73. The number of carbonyl (C=O) groups excluding carboxylic acids is 1. The van der Waals surface area contributed by atoms with E-state index in [1.165, 1.54) is 5.56 Å². The average molecular weight is 442 g/mol. The van der Waals surface area contributed by atoms with Crippen LogP contribution in [0.4, 0.5) is 0 Å². The van der Waals surface area contributed by atoms with E-state index in [0.29, 0.717) is 11.5 Å². The molecule has 0 saturated carbocycles. The number of nitrogens with zero attached hydrogens (tertiary/aromatic N) is 2. The summed E-state index contributed by atoms with van der Waals surface area (Å²) >= 11 is 0. The predicted octanol–water partition coefficient (Wildman–Crippen LogP) is 4.30. The van der Waals surface area contributed by atoms with E-state index in [1.54, 1.807) is 13.3 Å². The topological polar surface area (TPSA) is 65.4 Å². The molecule has 0 unspecified atom stereocenters. The third-order valence-electron chi connectivity index (χ3n) is 5.42. The second-order valence-electron chi connectivity index (χ2n) is 7.73. The molecule has 0 aliphatic carbocycles. The Labute approximate surface area is 193 Å². The van der Waals surface area contributed by atoms with Crippen LogP contribution in [0.15, 0.2) is 91.3 Å². The maximum Gasteiger partial charge on any atom is 0.258 e. The van der Waals surface area contributed by atoms with Gasteiger partial charge in [-0.2, -0.15) is 0 Å². The smallest absolute Gasteiger partial charge is 0.258 e. The molecule has 0 aliphatic heterocycles. The van der Waals surface area contributed by atoms with Crippen LogP contribution in [-0.2, 0) is 18.3 Å². The van der Waals surface area contributed by atoms with E-state index in [1.807, 2.05) is 84.5 Å². The second kappa shape index (κ2) is 10.5. The van der Waals surface area contributed by atoms with E-state index < -0.39 is 6.04 Å². The summed E-state index contributed by atoms with van der Waals surface area (Å²) < 4.78 is 13.2. The summed E-state index contributed by atoms with van der Waals surface area (Å²) in [6, 6.07) is 25.2. The summed E-state index contributed by atoms with van der Waals surface area (Å²) in [5.74, 6) is 1.90. The van der Waals surface area contributed by atoms with Gasteiger partial charge in [0.05, 0.1) is 7.11 Å². The maximum atomic E-state index is 12.9. The Balaban J connectivity index is 1.48. The molecule has 1 amide bonds. The van der Waals surface area contributed by atoms with Crippen molar-refractivity contribution in [2.24, 2.45) is 7.05 Å². The monoisotopic (exact) mass is 441 g/mol. The summed E-state index contributed by atoms with van der Waals surface area (Å²) in [7, 11) is 3.52. The molecule has 1 aromatic heterocycles. The van der Waals surface area contributed by atoms with Crippen molar-refractivity contribution in [3.05, 3.63) is 114 Å². The minimum atomic E-state index is -0.434. The van der Waals surface area contributed by atoms with Crippen molar-refractivity contribution in [1.82, 2.24) is 14.9 Å². The molecule has 6 heteroatoms. The molecule has 4 aromatic rings. The number of hydrogen-bond donors (Lipinski definition) is 1. The fraction of sp³-hybridized carbons (Fsp3) is 0.185.